The molecule has 2 nitrogen and oxygen atoms in total. The van der Waals surface area contributed by atoms with Crippen LogP contribution >= 0.6 is 0 Å². The molecule has 1 saturated heterocycles. The van der Waals surface area contributed by atoms with Crippen LogP contribution in [0.1, 0.15) is 104 Å². The maximum absolute atomic E-state index is 6.09. The van der Waals surface area contributed by atoms with Crippen LogP contribution in [0, 0.1) is 0 Å². The molecular weight excluding hydrogens is 260 g/mol. The lowest BCUT2D eigenvalue weighted by Crippen LogP contribution is -2.27. The molecule has 0 radical (unpaired) electrons. The molecule has 0 aromatic heterocycles. The first-order chi connectivity index (χ1) is 10.4. The van der Waals surface area contributed by atoms with Gasteiger partial charge in [0.25, 0.3) is 0 Å². The van der Waals surface area contributed by atoms with Crippen LogP contribution in [0.5, 0.6) is 0 Å². The zero-order chi connectivity index (χ0) is 15.2. The standard InChI is InChI=1S/C19H38O2/c1-3-5-6-7-8-9-10-11-12-15-18(4-2)21-19-16-13-14-17-20-19/h18-19H,3-17H2,1-2H3. The second-order valence-electron chi connectivity index (χ2n) is 6.58. The van der Waals surface area contributed by atoms with Gasteiger partial charge in [-0.2, -0.15) is 0 Å². The van der Waals surface area contributed by atoms with Gasteiger partial charge in [0.1, 0.15) is 0 Å². The van der Waals surface area contributed by atoms with Crippen molar-refractivity contribution in [2.45, 2.75) is 116 Å². The number of hydrogen-bond donors (Lipinski definition) is 0. The average molecular weight is 299 g/mol. The predicted molar refractivity (Wildman–Crippen MR) is 90.6 cm³/mol. The quantitative estimate of drug-likeness (QED) is 0.375. The Hall–Kier alpha value is -0.0800. The highest BCUT2D eigenvalue weighted by atomic mass is 16.7. The van der Waals surface area contributed by atoms with Crippen molar-refractivity contribution in [1.29, 1.82) is 0 Å². The first-order valence-electron chi connectivity index (χ1n) is 9.63. The second-order valence-corrected chi connectivity index (χ2v) is 6.58. The highest BCUT2D eigenvalue weighted by Gasteiger charge is 2.18. The molecular formula is C19H38O2. The van der Waals surface area contributed by atoms with Gasteiger partial charge in [0.2, 0.25) is 0 Å². The molecule has 1 aliphatic rings. The maximum Gasteiger partial charge on any atom is 0.157 e. The van der Waals surface area contributed by atoms with Gasteiger partial charge in [-0.3, -0.25) is 0 Å². The lowest BCUT2D eigenvalue weighted by molar-refractivity contribution is -0.189. The summed E-state index contributed by atoms with van der Waals surface area (Å²) in [7, 11) is 0. The molecule has 2 atom stereocenters. The molecule has 1 heterocycles. The molecule has 126 valence electrons. The van der Waals surface area contributed by atoms with Crippen molar-refractivity contribution in [2.24, 2.45) is 0 Å². The topological polar surface area (TPSA) is 18.5 Å². The van der Waals surface area contributed by atoms with E-state index in [1.807, 2.05) is 0 Å². The molecule has 2 unspecified atom stereocenters. The lowest BCUT2D eigenvalue weighted by atomic mass is 10.0. The van der Waals surface area contributed by atoms with Crippen molar-refractivity contribution in [3.63, 3.8) is 0 Å². The fraction of sp³-hybridized carbons (Fsp3) is 1.00. The van der Waals surface area contributed by atoms with Gasteiger partial charge in [0.15, 0.2) is 6.29 Å². The summed E-state index contributed by atoms with van der Waals surface area (Å²) in [6.07, 6.45) is 19.0. The van der Waals surface area contributed by atoms with Crippen LogP contribution in [0.25, 0.3) is 0 Å². The molecule has 0 aliphatic carbocycles. The van der Waals surface area contributed by atoms with Gasteiger partial charge in [0, 0.05) is 6.61 Å². The first-order valence-corrected chi connectivity index (χ1v) is 9.63. The van der Waals surface area contributed by atoms with Crippen molar-refractivity contribution in [2.75, 3.05) is 6.61 Å². The molecule has 0 bridgehead atoms. The highest BCUT2D eigenvalue weighted by molar-refractivity contribution is 4.61. The molecule has 21 heavy (non-hydrogen) atoms. The van der Waals surface area contributed by atoms with E-state index < -0.39 is 0 Å². The summed E-state index contributed by atoms with van der Waals surface area (Å²) in [5, 5.41) is 0. The smallest absolute Gasteiger partial charge is 0.157 e. The van der Waals surface area contributed by atoms with E-state index in [1.54, 1.807) is 0 Å². The van der Waals surface area contributed by atoms with Crippen molar-refractivity contribution in [1.82, 2.24) is 0 Å². The minimum Gasteiger partial charge on any atom is -0.353 e. The van der Waals surface area contributed by atoms with Crippen LogP contribution < -0.4 is 0 Å². The molecule has 2 heteroatoms. The molecule has 0 N–H and O–H groups in total. The third kappa shape index (κ3) is 10.3. The first kappa shape index (κ1) is 19.0. The van der Waals surface area contributed by atoms with Crippen LogP contribution in [-0.4, -0.2) is 19.0 Å². The highest BCUT2D eigenvalue weighted by Crippen LogP contribution is 2.20. The van der Waals surface area contributed by atoms with Gasteiger partial charge in [-0.15, -0.1) is 0 Å². The number of ether oxygens (including phenoxy) is 2. The van der Waals surface area contributed by atoms with E-state index in [4.69, 9.17) is 9.47 Å². The van der Waals surface area contributed by atoms with E-state index in [0.29, 0.717) is 6.10 Å². The molecule has 1 fully saturated rings. The van der Waals surface area contributed by atoms with E-state index >= 15 is 0 Å². The summed E-state index contributed by atoms with van der Waals surface area (Å²) in [6, 6.07) is 0. The Balaban J connectivity index is 1.91. The maximum atomic E-state index is 6.09. The molecule has 0 aromatic carbocycles. The number of unbranched alkanes of at least 4 members (excludes halogenated alkanes) is 8. The zero-order valence-corrected chi connectivity index (χ0v) is 14.6. The summed E-state index contributed by atoms with van der Waals surface area (Å²) in [4.78, 5) is 0. The van der Waals surface area contributed by atoms with E-state index in [0.717, 1.165) is 19.4 Å². The summed E-state index contributed by atoms with van der Waals surface area (Å²) in [6.45, 7) is 5.41. The third-order valence-electron chi connectivity index (χ3n) is 4.57. The summed E-state index contributed by atoms with van der Waals surface area (Å²) in [5.74, 6) is 0. The predicted octanol–water partition coefficient (Wildman–Crippen LogP) is 6.23. The lowest BCUT2D eigenvalue weighted by Gasteiger charge is -2.27. The largest absolute Gasteiger partial charge is 0.353 e. The minimum atomic E-state index is 0.0854. The fourth-order valence-electron chi connectivity index (χ4n) is 3.08. The second kappa shape index (κ2) is 13.6. The van der Waals surface area contributed by atoms with Crippen LogP contribution in [-0.2, 0) is 9.47 Å². The van der Waals surface area contributed by atoms with E-state index in [2.05, 4.69) is 13.8 Å². The summed E-state index contributed by atoms with van der Waals surface area (Å²) in [5.41, 5.74) is 0. The van der Waals surface area contributed by atoms with Gasteiger partial charge in [0.05, 0.1) is 6.10 Å². The van der Waals surface area contributed by atoms with Crippen molar-refractivity contribution in [3.8, 4) is 0 Å². The molecule has 0 spiro atoms. The zero-order valence-electron chi connectivity index (χ0n) is 14.6. The van der Waals surface area contributed by atoms with Crippen LogP contribution in [0.4, 0.5) is 0 Å². The van der Waals surface area contributed by atoms with E-state index in [-0.39, 0.29) is 6.29 Å². The summed E-state index contributed by atoms with van der Waals surface area (Å²) >= 11 is 0. The van der Waals surface area contributed by atoms with Crippen LogP contribution in [0.2, 0.25) is 0 Å². The Kier molecular flexibility index (Phi) is 12.3. The van der Waals surface area contributed by atoms with Gasteiger partial charge in [-0.25, -0.2) is 0 Å². The Bertz CT molecular complexity index is 212. The average Bonchev–Trinajstić information content (AvgIpc) is 2.53. The molecule has 0 aromatic rings. The number of hydrogen-bond acceptors (Lipinski definition) is 2. The molecule has 1 aliphatic heterocycles. The monoisotopic (exact) mass is 298 g/mol. The van der Waals surface area contributed by atoms with Gasteiger partial charge < -0.3 is 9.47 Å². The van der Waals surface area contributed by atoms with Gasteiger partial charge in [-0.05, 0) is 32.1 Å². The van der Waals surface area contributed by atoms with Crippen LogP contribution in [0.3, 0.4) is 0 Å². The Morgan fingerprint density at radius 1 is 0.905 bits per heavy atom. The van der Waals surface area contributed by atoms with Crippen molar-refractivity contribution < 1.29 is 9.47 Å². The minimum absolute atomic E-state index is 0.0854. The molecule has 0 saturated carbocycles. The normalized spacial score (nSPS) is 20.6. The van der Waals surface area contributed by atoms with E-state index in [9.17, 15) is 0 Å². The SMILES string of the molecule is CCCCCCCCCCCC(CC)OC1CCCCO1. The van der Waals surface area contributed by atoms with Gasteiger partial charge >= 0.3 is 0 Å². The third-order valence-corrected chi connectivity index (χ3v) is 4.57. The number of rotatable bonds is 13. The Morgan fingerprint density at radius 3 is 2.14 bits per heavy atom. The van der Waals surface area contributed by atoms with Crippen LogP contribution in [0.15, 0.2) is 0 Å². The fourth-order valence-corrected chi connectivity index (χ4v) is 3.08. The Morgan fingerprint density at radius 2 is 1.57 bits per heavy atom. The Labute approximate surface area is 133 Å². The summed E-state index contributed by atoms with van der Waals surface area (Å²) < 4.78 is 11.8. The van der Waals surface area contributed by atoms with Crippen molar-refractivity contribution in [3.05, 3.63) is 0 Å². The van der Waals surface area contributed by atoms with E-state index in [1.165, 1.54) is 77.0 Å². The molecule has 0 amide bonds. The van der Waals surface area contributed by atoms with Crippen molar-refractivity contribution >= 4 is 0 Å². The van der Waals surface area contributed by atoms with Gasteiger partial charge in [-0.1, -0.05) is 71.6 Å². The molecule has 1 rings (SSSR count).